The van der Waals surface area contributed by atoms with Gasteiger partial charge in [0.25, 0.3) is 0 Å². The van der Waals surface area contributed by atoms with Crippen LogP contribution in [-0.4, -0.2) is 15.2 Å². The Bertz CT molecular complexity index is 725. The van der Waals surface area contributed by atoms with E-state index in [2.05, 4.69) is 15.2 Å². The van der Waals surface area contributed by atoms with Gasteiger partial charge in [-0.2, -0.15) is 0 Å². The van der Waals surface area contributed by atoms with Crippen LogP contribution in [0.3, 0.4) is 0 Å². The van der Waals surface area contributed by atoms with Crippen LogP contribution < -0.4 is 5.73 Å². The van der Waals surface area contributed by atoms with Crippen molar-refractivity contribution in [3.63, 3.8) is 0 Å². The maximum absolute atomic E-state index is 6.17. The number of hydrogen-bond acceptors (Lipinski definition) is 7. The highest BCUT2D eigenvalue weighted by atomic mass is 35.5. The van der Waals surface area contributed by atoms with E-state index < -0.39 is 0 Å². The topological polar surface area (TPSA) is 64.7 Å². The molecule has 2 heterocycles. The number of thiazole rings is 1. The first-order valence-electron chi connectivity index (χ1n) is 5.63. The zero-order valence-corrected chi connectivity index (χ0v) is 13.3. The van der Waals surface area contributed by atoms with Crippen LogP contribution in [0, 0.1) is 0 Å². The van der Waals surface area contributed by atoms with Crippen molar-refractivity contribution in [2.75, 3.05) is 5.73 Å². The van der Waals surface area contributed by atoms with Gasteiger partial charge < -0.3 is 5.73 Å². The van der Waals surface area contributed by atoms with E-state index in [4.69, 9.17) is 17.3 Å². The van der Waals surface area contributed by atoms with E-state index in [-0.39, 0.29) is 0 Å². The first kappa shape index (κ1) is 13.8. The second-order valence-electron chi connectivity index (χ2n) is 3.82. The summed E-state index contributed by atoms with van der Waals surface area (Å²) in [7, 11) is 0. The van der Waals surface area contributed by atoms with Gasteiger partial charge in [0, 0.05) is 16.7 Å². The predicted molar refractivity (Wildman–Crippen MR) is 86.4 cm³/mol. The van der Waals surface area contributed by atoms with Crippen LogP contribution >= 0.6 is 46.0 Å². The molecule has 0 fully saturated rings. The predicted octanol–water partition coefficient (Wildman–Crippen LogP) is 4.19. The molecule has 0 spiro atoms. The zero-order chi connectivity index (χ0) is 13.9. The largest absolute Gasteiger partial charge is 0.374 e. The first-order valence-corrected chi connectivity index (χ1v) is 8.69. The van der Waals surface area contributed by atoms with Crippen molar-refractivity contribution in [2.24, 2.45) is 0 Å². The number of aromatic nitrogens is 3. The van der Waals surface area contributed by atoms with Crippen molar-refractivity contribution in [3.8, 4) is 10.6 Å². The molecule has 4 nitrogen and oxygen atoms in total. The molecule has 3 rings (SSSR count). The van der Waals surface area contributed by atoms with E-state index in [9.17, 15) is 0 Å². The molecule has 0 saturated heterocycles. The van der Waals surface area contributed by atoms with Gasteiger partial charge in [-0.15, -0.1) is 21.5 Å². The summed E-state index contributed by atoms with van der Waals surface area (Å²) in [5.41, 5.74) is 7.52. The highest BCUT2D eigenvalue weighted by molar-refractivity contribution is 8.00. The summed E-state index contributed by atoms with van der Waals surface area (Å²) in [5, 5.41) is 11.9. The minimum absolute atomic E-state index is 0.488. The molecular weight excluding hydrogens is 332 g/mol. The maximum atomic E-state index is 6.17. The molecule has 0 atom stereocenters. The minimum atomic E-state index is 0.488. The van der Waals surface area contributed by atoms with Gasteiger partial charge in [0.2, 0.25) is 5.13 Å². The molecule has 2 N–H and O–H groups in total. The molecule has 0 aliphatic heterocycles. The molecule has 3 aromatic rings. The molecular formula is C12H9ClN4S3. The van der Waals surface area contributed by atoms with Gasteiger partial charge in [-0.3, -0.25) is 0 Å². The maximum Gasteiger partial charge on any atom is 0.203 e. The quantitative estimate of drug-likeness (QED) is 0.721. The molecule has 102 valence electrons. The summed E-state index contributed by atoms with van der Waals surface area (Å²) in [6.07, 6.45) is 0. The second-order valence-corrected chi connectivity index (χ2v) is 7.32. The lowest BCUT2D eigenvalue weighted by Gasteiger charge is -1.98. The number of nitrogens with zero attached hydrogens (tertiary/aromatic N) is 3. The van der Waals surface area contributed by atoms with Gasteiger partial charge in [-0.1, -0.05) is 52.9 Å². The smallest absolute Gasteiger partial charge is 0.203 e. The van der Waals surface area contributed by atoms with Gasteiger partial charge in [0.15, 0.2) is 4.34 Å². The third kappa shape index (κ3) is 3.12. The summed E-state index contributed by atoms with van der Waals surface area (Å²) >= 11 is 10.7. The Kier molecular flexibility index (Phi) is 4.21. The minimum Gasteiger partial charge on any atom is -0.374 e. The summed E-state index contributed by atoms with van der Waals surface area (Å²) in [4.78, 5) is 4.60. The molecule has 1 aromatic carbocycles. The van der Waals surface area contributed by atoms with Crippen LogP contribution in [0.25, 0.3) is 10.6 Å². The van der Waals surface area contributed by atoms with E-state index >= 15 is 0 Å². The van der Waals surface area contributed by atoms with Crippen LogP contribution in [0.5, 0.6) is 0 Å². The SMILES string of the molecule is Nc1nnc(SCc2csc(-c3ccccc3Cl)n2)s1. The van der Waals surface area contributed by atoms with Gasteiger partial charge in [0.1, 0.15) is 5.01 Å². The Hall–Kier alpha value is -1.15. The van der Waals surface area contributed by atoms with Crippen molar-refractivity contribution in [3.05, 3.63) is 40.4 Å². The molecule has 0 radical (unpaired) electrons. The Morgan fingerprint density at radius 3 is 2.85 bits per heavy atom. The zero-order valence-electron chi connectivity index (χ0n) is 10.1. The Balaban J connectivity index is 1.72. The lowest BCUT2D eigenvalue weighted by Crippen LogP contribution is -1.82. The van der Waals surface area contributed by atoms with Gasteiger partial charge in [-0.05, 0) is 6.07 Å². The van der Waals surface area contributed by atoms with Crippen LogP contribution in [0.4, 0.5) is 5.13 Å². The average Bonchev–Trinajstić information content (AvgIpc) is 3.06. The Morgan fingerprint density at radius 1 is 1.25 bits per heavy atom. The fourth-order valence-electron chi connectivity index (χ4n) is 1.55. The molecule has 0 saturated carbocycles. The van der Waals surface area contributed by atoms with Crippen LogP contribution in [0.2, 0.25) is 5.02 Å². The molecule has 0 aliphatic carbocycles. The number of benzene rings is 1. The lowest BCUT2D eigenvalue weighted by atomic mass is 10.2. The van der Waals surface area contributed by atoms with Gasteiger partial charge in [-0.25, -0.2) is 4.98 Å². The van der Waals surface area contributed by atoms with Crippen molar-refractivity contribution < 1.29 is 0 Å². The number of nitrogens with two attached hydrogens (primary N) is 1. The number of halogens is 1. The second kappa shape index (κ2) is 6.09. The van der Waals surface area contributed by atoms with Crippen molar-refractivity contribution in [1.29, 1.82) is 0 Å². The molecule has 0 unspecified atom stereocenters. The number of rotatable bonds is 4. The molecule has 0 aliphatic rings. The monoisotopic (exact) mass is 340 g/mol. The summed E-state index contributed by atoms with van der Waals surface area (Å²) in [5.74, 6) is 0.746. The molecule has 2 aromatic heterocycles. The molecule has 0 bridgehead atoms. The van der Waals surface area contributed by atoms with Gasteiger partial charge >= 0.3 is 0 Å². The third-order valence-electron chi connectivity index (χ3n) is 2.42. The summed E-state index contributed by atoms with van der Waals surface area (Å²) < 4.78 is 0.856. The highest BCUT2D eigenvalue weighted by Crippen LogP contribution is 2.32. The fourth-order valence-corrected chi connectivity index (χ4v) is 4.32. The number of thioether (sulfide) groups is 1. The normalized spacial score (nSPS) is 10.8. The van der Waals surface area contributed by atoms with E-state index in [0.29, 0.717) is 5.13 Å². The lowest BCUT2D eigenvalue weighted by molar-refractivity contribution is 1.02. The van der Waals surface area contributed by atoms with Crippen LogP contribution in [-0.2, 0) is 5.75 Å². The highest BCUT2D eigenvalue weighted by Gasteiger charge is 2.09. The van der Waals surface area contributed by atoms with Crippen molar-refractivity contribution in [2.45, 2.75) is 10.1 Å². The Morgan fingerprint density at radius 2 is 2.10 bits per heavy atom. The van der Waals surface area contributed by atoms with Crippen LogP contribution in [0.1, 0.15) is 5.69 Å². The third-order valence-corrected chi connectivity index (χ3v) is 5.59. The molecule has 20 heavy (non-hydrogen) atoms. The van der Waals surface area contributed by atoms with E-state index in [0.717, 1.165) is 31.4 Å². The summed E-state index contributed by atoms with van der Waals surface area (Å²) in [6.45, 7) is 0. The fraction of sp³-hybridized carbons (Fsp3) is 0.0833. The Labute approximate surface area is 133 Å². The van der Waals surface area contributed by atoms with Crippen LogP contribution in [0.15, 0.2) is 34.0 Å². The van der Waals surface area contributed by atoms with Crippen molar-refractivity contribution in [1.82, 2.24) is 15.2 Å². The molecule has 0 amide bonds. The van der Waals surface area contributed by atoms with E-state index in [1.807, 2.05) is 29.6 Å². The molecule has 8 heteroatoms. The van der Waals surface area contributed by atoms with Gasteiger partial charge in [0.05, 0.1) is 10.7 Å². The first-order chi connectivity index (χ1) is 9.72. The number of nitrogen functional groups attached to an aromatic ring is 1. The number of anilines is 1. The van der Waals surface area contributed by atoms with E-state index in [1.54, 1.807) is 23.1 Å². The van der Waals surface area contributed by atoms with Crippen molar-refractivity contribution >= 4 is 51.2 Å². The van der Waals surface area contributed by atoms with E-state index in [1.165, 1.54) is 11.3 Å². The summed E-state index contributed by atoms with van der Waals surface area (Å²) in [6, 6.07) is 7.72. The number of hydrogen-bond donors (Lipinski definition) is 1. The average molecular weight is 341 g/mol. The standard InChI is InChI=1S/C12H9ClN4S3/c13-9-4-2-1-3-8(9)10-15-7(5-18-10)6-19-12-17-16-11(14)20-12/h1-5H,6H2,(H2,14,16).